The Bertz CT molecular complexity index is 1100. The fourth-order valence-electron chi connectivity index (χ4n) is 3.99. The highest BCUT2D eigenvalue weighted by molar-refractivity contribution is 5.29. The molecule has 1 saturated heterocycles. The van der Waals surface area contributed by atoms with Crippen LogP contribution in [0.5, 0.6) is 0 Å². The highest BCUT2D eigenvalue weighted by Crippen LogP contribution is 2.15. The summed E-state index contributed by atoms with van der Waals surface area (Å²) in [5.41, 5.74) is 3.95. The first-order valence-electron chi connectivity index (χ1n) is 10.6. The number of aromatic nitrogens is 6. The fraction of sp³-hybridized carbons (Fsp3) is 0.304. The molecule has 2 aromatic carbocycles. The predicted octanol–water partition coefficient (Wildman–Crippen LogP) is 2.55. The van der Waals surface area contributed by atoms with Crippen molar-refractivity contribution in [3.05, 3.63) is 84.4 Å². The zero-order valence-electron chi connectivity index (χ0n) is 17.6. The van der Waals surface area contributed by atoms with Gasteiger partial charge in [0.05, 0.1) is 35.2 Å². The Labute approximate surface area is 181 Å². The van der Waals surface area contributed by atoms with E-state index < -0.39 is 0 Å². The van der Waals surface area contributed by atoms with Crippen LogP contribution in [0.15, 0.2) is 73.1 Å². The predicted molar refractivity (Wildman–Crippen MR) is 118 cm³/mol. The van der Waals surface area contributed by atoms with Gasteiger partial charge in [0.1, 0.15) is 0 Å². The molecule has 1 unspecified atom stereocenters. The van der Waals surface area contributed by atoms with Crippen LogP contribution in [0.25, 0.3) is 11.4 Å². The van der Waals surface area contributed by atoms with Crippen molar-refractivity contribution >= 4 is 0 Å². The van der Waals surface area contributed by atoms with Gasteiger partial charge in [-0.05, 0) is 31.2 Å². The van der Waals surface area contributed by atoms with Crippen LogP contribution in [-0.4, -0.2) is 65.5 Å². The third-order valence-electron chi connectivity index (χ3n) is 5.65. The summed E-state index contributed by atoms with van der Waals surface area (Å²) in [5, 5.41) is 18.1. The highest BCUT2D eigenvalue weighted by Gasteiger charge is 2.25. The topological polar surface area (TPSA) is 67.9 Å². The van der Waals surface area contributed by atoms with Crippen molar-refractivity contribution in [3.8, 4) is 11.4 Å². The van der Waals surface area contributed by atoms with Gasteiger partial charge in [-0.2, -0.15) is 30.0 Å². The molecule has 0 bridgehead atoms. The third-order valence-corrected chi connectivity index (χ3v) is 5.65. The summed E-state index contributed by atoms with van der Waals surface area (Å²) in [7, 11) is 0. The van der Waals surface area contributed by atoms with Crippen molar-refractivity contribution in [2.24, 2.45) is 0 Å². The molecular weight excluding hydrogens is 388 g/mol. The monoisotopic (exact) mass is 414 g/mol. The first kappa shape index (κ1) is 19.6. The standard InChI is InChI=1S/C23H26N8/c1-19-16-28(17-20-14-24-30(26-20)22-8-4-2-5-9-22)12-13-29(19)18-21-15-25-31(27-21)23-10-6-3-7-11-23/h2-11,14-15,19H,12-13,16-18H2,1H3. The van der Waals surface area contributed by atoms with Gasteiger partial charge in [0.2, 0.25) is 0 Å². The Hall–Kier alpha value is -3.36. The van der Waals surface area contributed by atoms with Crippen LogP contribution < -0.4 is 0 Å². The van der Waals surface area contributed by atoms with E-state index in [-0.39, 0.29) is 0 Å². The van der Waals surface area contributed by atoms with Gasteiger partial charge in [0, 0.05) is 38.8 Å². The molecule has 8 heteroatoms. The highest BCUT2D eigenvalue weighted by atomic mass is 15.5. The van der Waals surface area contributed by atoms with E-state index in [1.807, 2.05) is 73.1 Å². The van der Waals surface area contributed by atoms with Crippen LogP contribution >= 0.6 is 0 Å². The quantitative estimate of drug-likeness (QED) is 0.483. The second-order valence-electron chi connectivity index (χ2n) is 7.98. The molecule has 0 N–H and O–H groups in total. The Balaban J connectivity index is 1.17. The number of benzene rings is 2. The van der Waals surface area contributed by atoms with Crippen LogP contribution in [0.1, 0.15) is 18.3 Å². The average molecular weight is 415 g/mol. The molecule has 0 aliphatic carbocycles. The Morgan fingerprint density at radius 3 is 1.84 bits per heavy atom. The molecule has 0 radical (unpaired) electrons. The van der Waals surface area contributed by atoms with Crippen LogP contribution in [0.2, 0.25) is 0 Å². The van der Waals surface area contributed by atoms with Crippen LogP contribution in [0, 0.1) is 0 Å². The van der Waals surface area contributed by atoms with Crippen LogP contribution in [-0.2, 0) is 13.1 Å². The van der Waals surface area contributed by atoms with E-state index in [0.717, 1.165) is 55.5 Å². The molecule has 0 spiro atoms. The molecule has 158 valence electrons. The van der Waals surface area contributed by atoms with E-state index in [0.29, 0.717) is 6.04 Å². The Morgan fingerprint density at radius 1 is 0.742 bits per heavy atom. The zero-order chi connectivity index (χ0) is 21.0. The van der Waals surface area contributed by atoms with Crippen LogP contribution in [0.3, 0.4) is 0 Å². The van der Waals surface area contributed by atoms with Crippen molar-refractivity contribution in [3.63, 3.8) is 0 Å². The molecule has 0 amide bonds. The van der Waals surface area contributed by atoms with Crippen molar-refractivity contribution in [2.45, 2.75) is 26.1 Å². The fourth-order valence-corrected chi connectivity index (χ4v) is 3.99. The molecule has 3 heterocycles. The number of hydrogen-bond donors (Lipinski definition) is 0. The van der Waals surface area contributed by atoms with E-state index in [2.05, 4.69) is 37.1 Å². The first-order valence-corrected chi connectivity index (χ1v) is 10.6. The maximum absolute atomic E-state index is 4.66. The molecule has 0 saturated carbocycles. The van der Waals surface area contributed by atoms with Gasteiger partial charge in [0.15, 0.2) is 0 Å². The average Bonchev–Trinajstić information content (AvgIpc) is 3.47. The first-order chi connectivity index (χ1) is 15.2. The minimum absolute atomic E-state index is 0.430. The van der Waals surface area contributed by atoms with Gasteiger partial charge >= 0.3 is 0 Å². The summed E-state index contributed by atoms with van der Waals surface area (Å²) >= 11 is 0. The van der Waals surface area contributed by atoms with Crippen molar-refractivity contribution in [2.75, 3.05) is 19.6 Å². The number of nitrogens with zero attached hydrogens (tertiary/aromatic N) is 8. The van der Waals surface area contributed by atoms with Crippen molar-refractivity contribution in [1.29, 1.82) is 0 Å². The van der Waals surface area contributed by atoms with Gasteiger partial charge in [-0.25, -0.2) is 0 Å². The Morgan fingerprint density at radius 2 is 1.29 bits per heavy atom. The SMILES string of the molecule is CC1CN(Cc2cnn(-c3ccccc3)n2)CCN1Cc1cnn(-c2ccccc2)n1. The summed E-state index contributed by atoms with van der Waals surface area (Å²) in [4.78, 5) is 8.31. The minimum Gasteiger partial charge on any atom is -0.295 e. The lowest BCUT2D eigenvalue weighted by Crippen LogP contribution is -2.51. The van der Waals surface area contributed by atoms with Gasteiger partial charge < -0.3 is 0 Å². The smallest absolute Gasteiger partial charge is 0.0971 e. The molecule has 1 aliphatic rings. The summed E-state index contributed by atoms with van der Waals surface area (Å²) in [5.74, 6) is 0. The van der Waals surface area contributed by atoms with Crippen LogP contribution in [0.4, 0.5) is 0 Å². The third kappa shape index (κ3) is 4.55. The van der Waals surface area contributed by atoms with E-state index >= 15 is 0 Å². The minimum atomic E-state index is 0.430. The molecule has 31 heavy (non-hydrogen) atoms. The normalized spacial score (nSPS) is 17.8. The molecule has 8 nitrogen and oxygen atoms in total. The van der Waals surface area contributed by atoms with Crippen molar-refractivity contribution < 1.29 is 0 Å². The number of hydrogen-bond acceptors (Lipinski definition) is 6. The maximum atomic E-state index is 4.66. The molecule has 1 atom stereocenters. The zero-order valence-corrected chi connectivity index (χ0v) is 17.6. The van der Waals surface area contributed by atoms with Gasteiger partial charge in [-0.3, -0.25) is 9.80 Å². The van der Waals surface area contributed by atoms with E-state index in [4.69, 9.17) is 0 Å². The Kier molecular flexibility index (Phi) is 5.56. The lowest BCUT2D eigenvalue weighted by atomic mass is 10.1. The van der Waals surface area contributed by atoms with Gasteiger partial charge in [-0.15, -0.1) is 0 Å². The summed E-state index contributed by atoms with van der Waals surface area (Å²) in [6.45, 7) is 6.88. The number of para-hydroxylation sites is 2. The van der Waals surface area contributed by atoms with Gasteiger partial charge in [-0.1, -0.05) is 36.4 Å². The second kappa shape index (κ2) is 8.79. The van der Waals surface area contributed by atoms with E-state index in [9.17, 15) is 0 Å². The number of rotatable bonds is 6. The summed E-state index contributed by atoms with van der Waals surface area (Å²) in [6.07, 6.45) is 3.74. The molecule has 4 aromatic rings. The largest absolute Gasteiger partial charge is 0.295 e. The van der Waals surface area contributed by atoms with E-state index in [1.165, 1.54) is 0 Å². The molecule has 5 rings (SSSR count). The molecule has 1 aliphatic heterocycles. The summed E-state index contributed by atoms with van der Waals surface area (Å²) in [6, 6.07) is 20.5. The number of piperazine rings is 1. The molecule has 1 fully saturated rings. The molecule has 2 aromatic heterocycles. The molecular formula is C23H26N8. The van der Waals surface area contributed by atoms with Gasteiger partial charge in [0.25, 0.3) is 0 Å². The summed E-state index contributed by atoms with van der Waals surface area (Å²) < 4.78 is 0. The lowest BCUT2D eigenvalue weighted by molar-refractivity contribution is 0.0715. The van der Waals surface area contributed by atoms with Crippen molar-refractivity contribution in [1.82, 2.24) is 39.8 Å². The maximum Gasteiger partial charge on any atom is 0.0971 e. The second-order valence-corrected chi connectivity index (χ2v) is 7.98. The lowest BCUT2D eigenvalue weighted by Gasteiger charge is -2.39. The van der Waals surface area contributed by atoms with E-state index in [1.54, 1.807) is 9.59 Å².